The Kier molecular flexibility index (Phi) is 6.08. The number of carboxylic acid groups (broad SMARTS) is 1. The van der Waals surface area contributed by atoms with Crippen molar-refractivity contribution in [3.63, 3.8) is 0 Å². The van der Waals surface area contributed by atoms with E-state index >= 15 is 0 Å². The summed E-state index contributed by atoms with van der Waals surface area (Å²) in [5, 5.41) is 8.80. The topological polar surface area (TPSA) is 66.8 Å². The number of carbonyl (C=O) groups excluding carboxylic acids is 1. The first-order valence-corrected chi connectivity index (χ1v) is 6.35. The van der Waals surface area contributed by atoms with Gasteiger partial charge in [-0.3, -0.25) is 9.59 Å². The lowest BCUT2D eigenvalue weighted by molar-refractivity contribution is -0.145. The third kappa shape index (κ3) is 5.37. The molecule has 1 amide bonds. The predicted octanol–water partition coefficient (Wildman–Crippen LogP) is 2.15. The maximum absolute atomic E-state index is 12.3. The fraction of sp³-hybridized carbons (Fsp3) is 0.429. The normalized spacial score (nSPS) is 10.8. The molecular weight excluding hydrogens is 284 g/mol. The van der Waals surface area contributed by atoms with Gasteiger partial charge in [0.1, 0.15) is 12.3 Å². The molecule has 0 saturated heterocycles. The molecular formula is C14H17F2NO4. The van der Waals surface area contributed by atoms with E-state index in [1.54, 1.807) is 19.9 Å². The van der Waals surface area contributed by atoms with Crippen molar-refractivity contribution in [1.29, 1.82) is 0 Å². The Morgan fingerprint density at radius 2 is 1.90 bits per heavy atom. The number of hydrogen-bond acceptors (Lipinski definition) is 3. The maximum Gasteiger partial charge on any atom is 0.387 e. The van der Waals surface area contributed by atoms with E-state index in [1.807, 2.05) is 0 Å². The van der Waals surface area contributed by atoms with E-state index in [1.165, 1.54) is 23.1 Å². The molecule has 0 unspecified atom stereocenters. The fourth-order valence-corrected chi connectivity index (χ4v) is 1.83. The molecule has 0 bridgehead atoms. The SMILES string of the molecule is CC(C)N(CC(=O)O)C(=O)Cc1ccccc1OC(F)F. The smallest absolute Gasteiger partial charge is 0.387 e. The van der Waals surface area contributed by atoms with E-state index in [0.29, 0.717) is 5.56 Å². The molecule has 0 aliphatic carbocycles. The van der Waals surface area contributed by atoms with Gasteiger partial charge in [-0.25, -0.2) is 0 Å². The van der Waals surface area contributed by atoms with E-state index in [4.69, 9.17) is 5.11 Å². The molecule has 0 atom stereocenters. The summed E-state index contributed by atoms with van der Waals surface area (Å²) in [5.74, 6) is -1.67. The average molecular weight is 301 g/mol. The minimum Gasteiger partial charge on any atom is -0.480 e. The van der Waals surface area contributed by atoms with Gasteiger partial charge >= 0.3 is 12.6 Å². The van der Waals surface area contributed by atoms with Crippen LogP contribution in [-0.4, -0.2) is 41.1 Å². The molecule has 0 fully saturated rings. The summed E-state index contributed by atoms with van der Waals surface area (Å²) in [4.78, 5) is 24.1. The monoisotopic (exact) mass is 301 g/mol. The van der Waals surface area contributed by atoms with Crippen LogP contribution in [0.25, 0.3) is 0 Å². The Bertz CT molecular complexity index is 506. The zero-order valence-electron chi connectivity index (χ0n) is 11.8. The second-order valence-corrected chi connectivity index (χ2v) is 4.67. The van der Waals surface area contributed by atoms with Gasteiger partial charge in [0.2, 0.25) is 5.91 Å². The first kappa shape index (κ1) is 16.9. The van der Waals surface area contributed by atoms with Crippen molar-refractivity contribution in [3.05, 3.63) is 29.8 Å². The number of benzene rings is 1. The van der Waals surface area contributed by atoms with Gasteiger partial charge in [0.25, 0.3) is 0 Å². The molecule has 0 aliphatic rings. The number of carbonyl (C=O) groups is 2. The lowest BCUT2D eigenvalue weighted by atomic mass is 10.1. The Labute approximate surface area is 121 Å². The molecule has 0 aliphatic heterocycles. The summed E-state index contributed by atoms with van der Waals surface area (Å²) in [6.45, 7) is -0.0550. The van der Waals surface area contributed by atoms with Crippen molar-refractivity contribution in [3.8, 4) is 5.75 Å². The molecule has 0 heterocycles. The second-order valence-electron chi connectivity index (χ2n) is 4.67. The Morgan fingerprint density at radius 1 is 1.29 bits per heavy atom. The predicted molar refractivity (Wildman–Crippen MR) is 71.3 cm³/mol. The molecule has 1 N–H and O–H groups in total. The van der Waals surface area contributed by atoms with Crippen LogP contribution < -0.4 is 4.74 Å². The number of nitrogens with zero attached hydrogens (tertiary/aromatic N) is 1. The number of aliphatic carboxylic acids is 1. The van der Waals surface area contributed by atoms with Crippen molar-refractivity contribution in [2.75, 3.05) is 6.54 Å². The number of alkyl halides is 2. The molecule has 0 radical (unpaired) electrons. The molecule has 1 aromatic carbocycles. The van der Waals surface area contributed by atoms with E-state index in [9.17, 15) is 18.4 Å². The highest BCUT2D eigenvalue weighted by Crippen LogP contribution is 2.21. The number of carboxylic acids is 1. The van der Waals surface area contributed by atoms with Crippen LogP contribution in [0, 0.1) is 0 Å². The number of rotatable bonds is 7. The zero-order chi connectivity index (χ0) is 16.0. The molecule has 1 rings (SSSR count). The molecule has 21 heavy (non-hydrogen) atoms. The molecule has 0 saturated carbocycles. The summed E-state index contributed by atoms with van der Waals surface area (Å²) in [6.07, 6.45) is -0.200. The van der Waals surface area contributed by atoms with Crippen LogP contribution in [0.1, 0.15) is 19.4 Å². The third-order valence-electron chi connectivity index (χ3n) is 2.78. The lowest BCUT2D eigenvalue weighted by Gasteiger charge is -2.25. The second kappa shape index (κ2) is 7.56. The van der Waals surface area contributed by atoms with Crippen molar-refractivity contribution in [2.24, 2.45) is 0 Å². The van der Waals surface area contributed by atoms with E-state index in [2.05, 4.69) is 4.74 Å². The van der Waals surface area contributed by atoms with Crippen molar-refractivity contribution in [1.82, 2.24) is 4.90 Å². The molecule has 0 aromatic heterocycles. The van der Waals surface area contributed by atoms with Gasteiger partial charge in [-0.05, 0) is 19.9 Å². The first-order chi connectivity index (χ1) is 9.81. The van der Waals surface area contributed by atoms with Crippen molar-refractivity contribution >= 4 is 11.9 Å². The van der Waals surface area contributed by atoms with Crippen LogP contribution in [-0.2, 0) is 16.0 Å². The lowest BCUT2D eigenvalue weighted by Crippen LogP contribution is -2.41. The number of hydrogen-bond donors (Lipinski definition) is 1. The third-order valence-corrected chi connectivity index (χ3v) is 2.78. The van der Waals surface area contributed by atoms with Crippen LogP contribution in [0.2, 0.25) is 0 Å². The van der Waals surface area contributed by atoms with Crippen LogP contribution in [0.3, 0.4) is 0 Å². The molecule has 116 valence electrons. The largest absolute Gasteiger partial charge is 0.480 e. The van der Waals surface area contributed by atoms with E-state index in [0.717, 1.165) is 0 Å². The van der Waals surface area contributed by atoms with Gasteiger partial charge in [0.15, 0.2) is 0 Å². The highest BCUT2D eigenvalue weighted by atomic mass is 19.3. The summed E-state index contributed by atoms with van der Waals surface area (Å²) in [7, 11) is 0. The number of amides is 1. The highest BCUT2D eigenvalue weighted by molar-refractivity contribution is 5.83. The minimum absolute atomic E-state index is 0.0834. The van der Waals surface area contributed by atoms with Gasteiger partial charge in [-0.2, -0.15) is 8.78 Å². The Morgan fingerprint density at radius 3 is 2.43 bits per heavy atom. The summed E-state index contributed by atoms with van der Waals surface area (Å²) >= 11 is 0. The minimum atomic E-state index is -2.98. The standard InChI is InChI=1S/C14H17F2NO4/c1-9(2)17(8-13(19)20)12(18)7-10-5-3-4-6-11(10)21-14(15)16/h3-6,9,14H,7-8H2,1-2H3,(H,19,20). The average Bonchev–Trinajstić information content (AvgIpc) is 2.37. The van der Waals surface area contributed by atoms with Gasteiger partial charge in [-0.15, -0.1) is 0 Å². The maximum atomic E-state index is 12.3. The van der Waals surface area contributed by atoms with Gasteiger partial charge in [0.05, 0.1) is 6.42 Å². The Hall–Kier alpha value is -2.18. The fourth-order valence-electron chi connectivity index (χ4n) is 1.83. The number of para-hydroxylation sites is 1. The van der Waals surface area contributed by atoms with Crippen LogP contribution in [0.15, 0.2) is 24.3 Å². The zero-order valence-corrected chi connectivity index (χ0v) is 11.8. The molecule has 1 aromatic rings. The summed E-state index contributed by atoms with van der Waals surface area (Å²) < 4.78 is 29.0. The molecule has 0 spiro atoms. The highest BCUT2D eigenvalue weighted by Gasteiger charge is 2.21. The molecule has 5 nitrogen and oxygen atoms in total. The van der Waals surface area contributed by atoms with Crippen LogP contribution >= 0.6 is 0 Å². The Balaban J connectivity index is 2.88. The van der Waals surface area contributed by atoms with Crippen LogP contribution in [0.5, 0.6) is 5.75 Å². The van der Waals surface area contributed by atoms with E-state index in [-0.39, 0.29) is 18.2 Å². The van der Waals surface area contributed by atoms with Crippen molar-refractivity contribution in [2.45, 2.75) is 32.9 Å². The number of ether oxygens (including phenoxy) is 1. The van der Waals surface area contributed by atoms with Gasteiger partial charge in [-0.1, -0.05) is 18.2 Å². The first-order valence-electron chi connectivity index (χ1n) is 6.35. The summed E-state index contributed by atoms with van der Waals surface area (Å²) in [6, 6.07) is 5.64. The number of halogens is 2. The quantitative estimate of drug-likeness (QED) is 0.838. The van der Waals surface area contributed by atoms with Crippen molar-refractivity contribution < 1.29 is 28.2 Å². The van der Waals surface area contributed by atoms with E-state index < -0.39 is 25.0 Å². The summed E-state index contributed by atoms with van der Waals surface area (Å²) in [5.41, 5.74) is 0.291. The van der Waals surface area contributed by atoms with Gasteiger partial charge in [0, 0.05) is 11.6 Å². The van der Waals surface area contributed by atoms with Crippen LogP contribution in [0.4, 0.5) is 8.78 Å². The van der Waals surface area contributed by atoms with Gasteiger partial charge < -0.3 is 14.7 Å². The molecule has 7 heteroatoms.